The van der Waals surface area contributed by atoms with Gasteiger partial charge in [-0.05, 0) is 5.38 Å². The zero-order valence-electron chi connectivity index (χ0n) is 7.99. The molecule has 0 spiro atoms. The summed E-state index contributed by atoms with van der Waals surface area (Å²) in [6, 6.07) is 0. The first-order valence-corrected chi connectivity index (χ1v) is 5.87. The van der Waals surface area contributed by atoms with Crippen LogP contribution >= 0.6 is 34.3 Å². The van der Waals surface area contributed by atoms with E-state index in [4.69, 9.17) is 3.07 Å². The number of thiophene rings is 1. The summed E-state index contributed by atoms with van der Waals surface area (Å²) in [5.74, 6) is -0.193. The molecule has 15 heavy (non-hydrogen) atoms. The minimum Gasteiger partial charge on any atom is -0.364 e. The molecule has 1 rings (SSSR count). The summed E-state index contributed by atoms with van der Waals surface area (Å²) >= 11 is 3.03. The molecule has 1 amide bonds. The molecule has 0 aromatic carbocycles. The zero-order valence-corrected chi connectivity index (χ0v) is 11.0. The van der Waals surface area contributed by atoms with Gasteiger partial charge in [-0.2, -0.15) is 11.3 Å². The standard InChI is InChI=1S/C9H10INO3S/c1-5(11-6(2)12)7-3-15-4-8(7)9(13)14-10/h3-4,9,13H,1H2,2H3,(H,11,12). The van der Waals surface area contributed by atoms with Crippen molar-refractivity contribution in [3.8, 4) is 0 Å². The van der Waals surface area contributed by atoms with Gasteiger partial charge in [0.1, 0.15) is 23.0 Å². The maximum Gasteiger partial charge on any atom is 0.221 e. The maximum atomic E-state index is 10.8. The maximum absolute atomic E-state index is 10.8. The largest absolute Gasteiger partial charge is 0.364 e. The molecule has 6 heteroatoms. The Bertz CT molecular complexity index is 377. The number of carbonyl (C=O) groups excluding carboxylic acids is 1. The molecule has 82 valence electrons. The van der Waals surface area contributed by atoms with E-state index >= 15 is 0 Å². The molecule has 0 aliphatic heterocycles. The van der Waals surface area contributed by atoms with E-state index in [0.29, 0.717) is 16.8 Å². The van der Waals surface area contributed by atoms with Gasteiger partial charge in [0, 0.05) is 29.1 Å². The highest BCUT2D eigenvalue weighted by molar-refractivity contribution is 14.1. The molecule has 1 atom stereocenters. The molecular formula is C9H10INO3S. The van der Waals surface area contributed by atoms with Crippen LogP contribution in [-0.2, 0) is 7.86 Å². The fourth-order valence-corrected chi connectivity index (χ4v) is 2.22. The first-order chi connectivity index (χ1) is 7.06. The molecule has 0 saturated carbocycles. The average Bonchev–Trinajstić information content (AvgIpc) is 2.63. The molecule has 1 aromatic rings. The van der Waals surface area contributed by atoms with Gasteiger partial charge < -0.3 is 10.4 Å². The van der Waals surface area contributed by atoms with E-state index < -0.39 is 6.29 Å². The first kappa shape index (κ1) is 12.6. The lowest BCUT2D eigenvalue weighted by Gasteiger charge is -2.10. The van der Waals surface area contributed by atoms with Crippen molar-refractivity contribution in [3.63, 3.8) is 0 Å². The number of aliphatic hydroxyl groups is 1. The van der Waals surface area contributed by atoms with Crippen LogP contribution < -0.4 is 5.32 Å². The van der Waals surface area contributed by atoms with E-state index in [1.165, 1.54) is 18.3 Å². The summed E-state index contributed by atoms with van der Waals surface area (Å²) in [5, 5.41) is 15.6. The van der Waals surface area contributed by atoms with Gasteiger partial charge in [-0.3, -0.25) is 7.86 Å². The molecule has 4 nitrogen and oxygen atoms in total. The van der Waals surface area contributed by atoms with Crippen molar-refractivity contribution in [2.75, 3.05) is 0 Å². The summed E-state index contributed by atoms with van der Waals surface area (Å²) in [6.45, 7) is 5.13. The number of halogens is 1. The highest BCUT2D eigenvalue weighted by Crippen LogP contribution is 2.28. The normalized spacial score (nSPS) is 12.2. The number of rotatable bonds is 4. The Hall–Kier alpha value is -0.440. The molecule has 2 N–H and O–H groups in total. The van der Waals surface area contributed by atoms with Crippen LogP contribution in [0.1, 0.15) is 24.3 Å². The average molecular weight is 339 g/mol. The number of nitrogens with one attached hydrogen (secondary N) is 1. The number of hydrogen-bond acceptors (Lipinski definition) is 4. The third-order valence-corrected chi connectivity index (χ3v) is 2.94. The Balaban J connectivity index is 2.89. The smallest absolute Gasteiger partial charge is 0.221 e. The summed E-state index contributed by atoms with van der Waals surface area (Å²) in [7, 11) is 0. The van der Waals surface area contributed by atoms with Crippen LogP contribution in [0.3, 0.4) is 0 Å². The quantitative estimate of drug-likeness (QED) is 0.653. The molecule has 1 unspecified atom stereocenters. The predicted molar refractivity (Wildman–Crippen MR) is 67.2 cm³/mol. The van der Waals surface area contributed by atoms with Crippen molar-refractivity contribution < 1.29 is 13.0 Å². The third-order valence-electron chi connectivity index (χ3n) is 1.69. The molecular weight excluding hydrogens is 329 g/mol. The van der Waals surface area contributed by atoms with E-state index in [9.17, 15) is 9.90 Å². The Morgan fingerprint density at radius 1 is 1.73 bits per heavy atom. The van der Waals surface area contributed by atoms with Crippen molar-refractivity contribution in [1.82, 2.24) is 5.32 Å². The van der Waals surface area contributed by atoms with Crippen LogP contribution in [0.2, 0.25) is 0 Å². The van der Waals surface area contributed by atoms with Crippen LogP contribution in [0.15, 0.2) is 17.3 Å². The molecule has 0 aliphatic rings. The minimum atomic E-state index is -1.00. The third kappa shape index (κ3) is 3.26. The predicted octanol–water partition coefficient (Wildman–Crippen LogP) is 2.21. The Morgan fingerprint density at radius 3 is 2.93 bits per heavy atom. The molecule has 1 heterocycles. The fourth-order valence-electron chi connectivity index (χ4n) is 1.07. The van der Waals surface area contributed by atoms with Gasteiger partial charge in [0.2, 0.25) is 5.91 Å². The van der Waals surface area contributed by atoms with Crippen molar-refractivity contribution in [2.45, 2.75) is 13.2 Å². The summed E-state index contributed by atoms with van der Waals surface area (Å²) in [4.78, 5) is 10.8. The van der Waals surface area contributed by atoms with Gasteiger partial charge in [-0.25, -0.2) is 0 Å². The second-order valence-corrected chi connectivity index (χ2v) is 4.09. The van der Waals surface area contributed by atoms with Crippen LogP contribution in [0.4, 0.5) is 0 Å². The summed E-state index contributed by atoms with van der Waals surface area (Å²) < 4.78 is 4.77. The number of carbonyl (C=O) groups is 1. The second-order valence-electron chi connectivity index (χ2n) is 2.84. The van der Waals surface area contributed by atoms with Crippen molar-refractivity contribution in [1.29, 1.82) is 0 Å². The van der Waals surface area contributed by atoms with Crippen molar-refractivity contribution in [3.05, 3.63) is 28.5 Å². The Labute approximate surface area is 106 Å². The molecule has 0 bridgehead atoms. The zero-order chi connectivity index (χ0) is 11.4. The lowest BCUT2D eigenvalue weighted by molar-refractivity contribution is -0.117. The van der Waals surface area contributed by atoms with Gasteiger partial charge in [0.25, 0.3) is 0 Å². The van der Waals surface area contributed by atoms with Crippen LogP contribution in [-0.4, -0.2) is 11.0 Å². The minimum absolute atomic E-state index is 0.193. The van der Waals surface area contributed by atoms with Gasteiger partial charge in [-0.15, -0.1) is 0 Å². The van der Waals surface area contributed by atoms with E-state index in [1.807, 2.05) is 0 Å². The molecule has 1 aromatic heterocycles. The van der Waals surface area contributed by atoms with Gasteiger partial charge in [-0.1, -0.05) is 6.58 Å². The fraction of sp³-hybridized carbons (Fsp3) is 0.222. The molecule has 0 aliphatic carbocycles. The first-order valence-electron chi connectivity index (χ1n) is 4.04. The van der Waals surface area contributed by atoms with E-state index in [0.717, 1.165) is 0 Å². The monoisotopic (exact) mass is 339 g/mol. The van der Waals surface area contributed by atoms with Crippen LogP contribution in [0, 0.1) is 0 Å². The molecule has 0 fully saturated rings. The lowest BCUT2D eigenvalue weighted by Crippen LogP contribution is -2.18. The Morgan fingerprint density at radius 2 is 2.40 bits per heavy atom. The van der Waals surface area contributed by atoms with Crippen LogP contribution in [0.5, 0.6) is 0 Å². The number of hydrogen-bond donors (Lipinski definition) is 2. The van der Waals surface area contributed by atoms with Crippen LogP contribution in [0.25, 0.3) is 5.70 Å². The van der Waals surface area contributed by atoms with Gasteiger partial charge >= 0.3 is 0 Å². The van der Waals surface area contributed by atoms with E-state index in [-0.39, 0.29) is 5.91 Å². The molecule has 0 radical (unpaired) electrons. The van der Waals surface area contributed by atoms with Crippen molar-refractivity contribution >= 4 is 45.9 Å². The topological polar surface area (TPSA) is 58.6 Å². The lowest BCUT2D eigenvalue weighted by atomic mass is 10.1. The van der Waals surface area contributed by atoms with Gasteiger partial charge in [0.15, 0.2) is 6.29 Å². The van der Waals surface area contributed by atoms with E-state index in [2.05, 4.69) is 11.9 Å². The number of amides is 1. The highest BCUT2D eigenvalue weighted by Gasteiger charge is 2.15. The van der Waals surface area contributed by atoms with E-state index in [1.54, 1.807) is 33.8 Å². The SMILES string of the molecule is C=C(NC(C)=O)c1cscc1C(O)OI. The number of aliphatic hydroxyl groups excluding tert-OH is 1. The summed E-state index contributed by atoms with van der Waals surface area (Å²) in [6.07, 6.45) is -1.00. The molecule has 0 saturated heterocycles. The Kier molecular flexibility index (Phi) is 4.71. The van der Waals surface area contributed by atoms with Gasteiger partial charge in [0.05, 0.1) is 0 Å². The summed E-state index contributed by atoms with van der Waals surface area (Å²) in [5.41, 5.74) is 1.76. The second kappa shape index (κ2) is 5.59. The van der Waals surface area contributed by atoms with Crippen molar-refractivity contribution in [2.24, 2.45) is 0 Å². The highest BCUT2D eigenvalue weighted by atomic mass is 127.